The van der Waals surface area contributed by atoms with Gasteiger partial charge in [-0.05, 0) is 12.1 Å². The summed E-state index contributed by atoms with van der Waals surface area (Å²) in [4.78, 5) is 0. The largest absolute Gasteiger partial charge is 0.497 e. The summed E-state index contributed by atoms with van der Waals surface area (Å²) in [5, 5.41) is 0. The van der Waals surface area contributed by atoms with Crippen LogP contribution in [0, 0.1) is 0 Å². The lowest BCUT2D eigenvalue weighted by Gasteiger charge is -2.03. The smallest absolute Gasteiger partial charge is 0.119 e. The summed E-state index contributed by atoms with van der Waals surface area (Å²) in [6.07, 6.45) is 0. The lowest BCUT2D eigenvalue weighted by molar-refractivity contribution is 0.418. The summed E-state index contributed by atoms with van der Waals surface area (Å²) in [6, 6.07) is 5.51. The van der Waals surface area contributed by atoms with Gasteiger partial charge in [0.1, 0.15) is 13.6 Å². The minimum atomic E-state index is 0.650. The van der Waals surface area contributed by atoms with Crippen LogP contribution in [0.2, 0.25) is 0 Å². The lowest BCUT2D eigenvalue weighted by Crippen LogP contribution is -2.05. The van der Waals surface area contributed by atoms with Crippen molar-refractivity contribution in [3.8, 4) is 5.75 Å². The highest BCUT2D eigenvalue weighted by molar-refractivity contribution is 9.10. The first-order chi connectivity index (χ1) is 4.74. The van der Waals surface area contributed by atoms with Gasteiger partial charge in [0, 0.05) is 4.47 Å². The maximum atomic E-state index is 5.58. The van der Waals surface area contributed by atoms with Gasteiger partial charge in [-0.15, -0.1) is 0 Å². The van der Waals surface area contributed by atoms with E-state index in [0.717, 1.165) is 4.47 Å². The van der Waals surface area contributed by atoms with Crippen molar-refractivity contribution < 1.29 is 4.74 Å². The second-order valence-corrected chi connectivity index (χ2v) is 2.80. The second-order valence-electron chi connectivity index (χ2n) is 1.89. The second kappa shape index (κ2) is 3.10. The van der Waals surface area contributed by atoms with Gasteiger partial charge >= 0.3 is 0 Å². The topological polar surface area (TPSA) is 9.23 Å². The highest BCUT2D eigenvalue weighted by Crippen LogP contribution is 2.12. The molecule has 0 aliphatic carbocycles. The van der Waals surface area contributed by atoms with Gasteiger partial charge in [-0.2, -0.15) is 0 Å². The molecule has 0 aromatic heterocycles. The molecule has 0 N–H and O–H groups in total. The van der Waals surface area contributed by atoms with Crippen molar-refractivity contribution in [3.05, 3.63) is 22.7 Å². The van der Waals surface area contributed by atoms with Crippen LogP contribution in [0.1, 0.15) is 0 Å². The Kier molecular flexibility index (Phi) is 2.38. The Morgan fingerprint density at radius 3 is 2.70 bits per heavy atom. The minimum absolute atomic E-state index is 0.650. The van der Waals surface area contributed by atoms with Gasteiger partial charge in [0.15, 0.2) is 0 Å². The van der Waals surface area contributed by atoms with Gasteiger partial charge in [0.05, 0.1) is 7.11 Å². The van der Waals surface area contributed by atoms with Crippen LogP contribution in [-0.4, -0.2) is 15.0 Å². The van der Waals surface area contributed by atoms with Crippen molar-refractivity contribution in [1.82, 2.24) is 0 Å². The molecule has 0 bridgehead atoms. The van der Waals surface area contributed by atoms with E-state index in [-0.39, 0.29) is 0 Å². The predicted octanol–water partition coefficient (Wildman–Crippen LogP) is 1.25. The predicted molar refractivity (Wildman–Crippen MR) is 46.1 cm³/mol. The number of benzene rings is 1. The van der Waals surface area contributed by atoms with E-state index in [9.17, 15) is 0 Å². The molecule has 0 amide bonds. The number of ether oxygens (including phenoxy) is 1. The minimum Gasteiger partial charge on any atom is -0.497 e. The van der Waals surface area contributed by atoms with Gasteiger partial charge < -0.3 is 4.74 Å². The molecule has 0 aliphatic heterocycles. The molecular weight excluding hydrogens is 191 g/mol. The third-order valence-electron chi connectivity index (χ3n) is 1.19. The Balaban J connectivity index is 3.07. The molecule has 1 rings (SSSR count). The van der Waals surface area contributed by atoms with Crippen molar-refractivity contribution >= 4 is 29.2 Å². The van der Waals surface area contributed by atoms with Crippen LogP contribution in [0.4, 0.5) is 0 Å². The van der Waals surface area contributed by atoms with Gasteiger partial charge in [-0.3, -0.25) is 0 Å². The number of methoxy groups -OCH3 is 1. The maximum absolute atomic E-state index is 5.58. The van der Waals surface area contributed by atoms with Crippen molar-refractivity contribution in [2.75, 3.05) is 7.11 Å². The van der Waals surface area contributed by atoms with E-state index in [1.165, 1.54) is 0 Å². The summed E-state index contributed by atoms with van der Waals surface area (Å²) in [5.41, 5.74) is 0.650. The highest BCUT2D eigenvalue weighted by atomic mass is 79.9. The molecule has 0 heterocycles. The van der Waals surface area contributed by atoms with E-state index in [4.69, 9.17) is 12.6 Å². The molecule has 2 radical (unpaired) electrons. The van der Waals surface area contributed by atoms with Crippen molar-refractivity contribution in [1.29, 1.82) is 0 Å². The number of halogens is 1. The molecular formula is C7H6BBrO. The average molecular weight is 197 g/mol. The van der Waals surface area contributed by atoms with E-state index in [1.807, 2.05) is 12.1 Å². The van der Waals surface area contributed by atoms with E-state index in [2.05, 4.69) is 15.9 Å². The molecule has 0 spiro atoms. The van der Waals surface area contributed by atoms with E-state index in [0.29, 0.717) is 11.2 Å². The molecule has 0 saturated carbocycles. The van der Waals surface area contributed by atoms with E-state index in [1.54, 1.807) is 13.2 Å². The summed E-state index contributed by atoms with van der Waals surface area (Å²) in [6.45, 7) is 0. The van der Waals surface area contributed by atoms with Gasteiger partial charge in [0.2, 0.25) is 0 Å². The zero-order chi connectivity index (χ0) is 7.56. The molecule has 10 heavy (non-hydrogen) atoms. The quantitative estimate of drug-likeness (QED) is 0.615. The van der Waals surface area contributed by atoms with E-state index >= 15 is 0 Å². The molecule has 0 aliphatic rings. The lowest BCUT2D eigenvalue weighted by atomic mass is 9.95. The Labute approximate surface area is 69.9 Å². The molecule has 0 fully saturated rings. The van der Waals surface area contributed by atoms with Crippen LogP contribution in [0.3, 0.4) is 0 Å². The zero-order valence-corrected chi connectivity index (χ0v) is 7.18. The monoisotopic (exact) mass is 196 g/mol. The number of rotatable bonds is 1. The maximum Gasteiger partial charge on any atom is 0.119 e. The normalized spacial score (nSPS) is 9.40. The van der Waals surface area contributed by atoms with Crippen LogP contribution in [0.25, 0.3) is 0 Å². The average Bonchev–Trinajstić information content (AvgIpc) is 1.88. The molecule has 0 atom stereocenters. The summed E-state index contributed by atoms with van der Waals surface area (Å²) in [7, 11) is 7.17. The molecule has 3 heteroatoms. The van der Waals surface area contributed by atoms with Gasteiger partial charge in [-0.1, -0.05) is 27.5 Å². The van der Waals surface area contributed by atoms with Crippen LogP contribution >= 0.6 is 15.9 Å². The van der Waals surface area contributed by atoms with Crippen LogP contribution in [0.15, 0.2) is 22.7 Å². The molecule has 50 valence electrons. The zero-order valence-electron chi connectivity index (χ0n) is 5.60. The summed E-state index contributed by atoms with van der Waals surface area (Å²) in [5.74, 6) is 0.711. The SMILES string of the molecule is [B]c1cc(Br)ccc1OC. The molecule has 0 saturated heterocycles. The number of hydrogen-bond acceptors (Lipinski definition) is 1. The standard InChI is InChI=1S/C7H6BBrO/c1-10-7-3-2-5(9)4-6(7)8/h2-4H,1H3. The Hall–Kier alpha value is -0.435. The fraction of sp³-hybridized carbons (Fsp3) is 0.143. The molecule has 1 nitrogen and oxygen atoms in total. The van der Waals surface area contributed by atoms with E-state index < -0.39 is 0 Å². The Morgan fingerprint density at radius 2 is 2.20 bits per heavy atom. The van der Waals surface area contributed by atoms with Gasteiger partial charge in [0.25, 0.3) is 0 Å². The number of hydrogen-bond donors (Lipinski definition) is 0. The first kappa shape index (κ1) is 7.67. The van der Waals surface area contributed by atoms with Crippen LogP contribution in [0.5, 0.6) is 5.75 Å². The van der Waals surface area contributed by atoms with Crippen molar-refractivity contribution in [2.24, 2.45) is 0 Å². The van der Waals surface area contributed by atoms with Crippen LogP contribution in [-0.2, 0) is 0 Å². The molecule has 0 unspecified atom stereocenters. The highest BCUT2D eigenvalue weighted by Gasteiger charge is 1.95. The molecule has 1 aromatic carbocycles. The third-order valence-corrected chi connectivity index (χ3v) is 1.68. The Bertz CT molecular complexity index is 237. The van der Waals surface area contributed by atoms with Crippen molar-refractivity contribution in [2.45, 2.75) is 0 Å². The first-order valence-corrected chi connectivity index (χ1v) is 3.62. The fourth-order valence-electron chi connectivity index (χ4n) is 0.705. The first-order valence-electron chi connectivity index (χ1n) is 2.83. The molecule has 1 aromatic rings. The Morgan fingerprint density at radius 1 is 1.50 bits per heavy atom. The fourth-order valence-corrected chi connectivity index (χ4v) is 1.08. The van der Waals surface area contributed by atoms with Crippen molar-refractivity contribution in [3.63, 3.8) is 0 Å². The summed E-state index contributed by atoms with van der Waals surface area (Å²) < 4.78 is 5.92. The van der Waals surface area contributed by atoms with Crippen LogP contribution < -0.4 is 10.2 Å². The summed E-state index contributed by atoms with van der Waals surface area (Å²) >= 11 is 3.29. The third kappa shape index (κ3) is 1.54. The van der Waals surface area contributed by atoms with Gasteiger partial charge in [-0.25, -0.2) is 0 Å².